The Kier molecular flexibility index (Phi) is 5.42. The molecule has 1 saturated heterocycles. The number of hydrogen-bond acceptors (Lipinski definition) is 3. The van der Waals surface area contributed by atoms with E-state index < -0.39 is 24.6 Å². The second-order valence-electron chi connectivity index (χ2n) is 6.55. The summed E-state index contributed by atoms with van der Waals surface area (Å²) in [6.07, 6.45) is -5.69. The van der Waals surface area contributed by atoms with Crippen molar-refractivity contribution in [2.45, 2.75) is 38.5 Å². The highest BCUT2D eigenvalue weighted by molar-refractivity contribution is 5.94. The largest absolute Gasteiger partial charge is 0.493 e. The fourth-order valence-corrected chi connectivity index (χ4v) is 2.53. The van der Waals surface area contributed by atoms with Crippen LogP contribution in [-0.4, -0.2) is 47.4 Å². The number of nitrogens with zero attached hydrogens (tertiary/aromatic N) is 1. The molecule has 24 heavy (non-hydrogen) atoms. The summed E-state index contributed by atoms with van der Waals surface area (Å²) in [4.78, 5) is 13.8. The molecular formula is C17H22F3NO3. The number of rotatable bonds is 4. The van der Waals surface area contributed by atoms with Crippen LogP contribution in [0.2, 0.25) is 0 Å². The van der Waals surface area contributed by atoms with E-state index in [2.05, 4.69) is 0 Å². The Labute approximate surface area is 139 Å². The standard InChI is InChI=1S/C17H22F3NO3/c1-12(2)11-24-14-5-3-4-13(10-14)15(22)21-8-6-16(23,7-9-21)17(18,19)20/h3-5,10,12,23H,6-9,11H2,1-2H3. The van der Waals surface area contributed by atoms with E-state index >= 15 is 0 Å². The van der Waals surface area contributed by atoms with Gasteiger partial charge in [0, 0.05) is 31.5 Å². The third-order valence-electron chi connectivity index (χ3n) is 4.07. The molecule has 1 aromatic carbocycles. The van der Waals surface area contributed by atoms with Crippen LogP contribution in [0.1, 0.15) is 37.0 Å². The molecule has 1 amide bonds. The zero-order valence-electron chi connectivity index (χ0n) is 13.8. The molecular weight excluding hydrogens is 323 g/mol. The number of likely N-dealkylation sites (tertiary alicyclic amines) is 1. The van der Waals surface area contributed by atoms with Crippen LogP contribution in [0.25, 0.3) is 0 Å². The van der Waals surface area contributed by atoms with Gasteiger partial charge in [0.2, 0.25) is 0 Å². The third kappa shape index (κ3) is 4.20. The van der Waals surface area contributed by atoms with Crippen LogP contribution in [0.4, 0.5) is 13.2 Å². The first-order valence-corrected chi connectivity index (χ1v) is 7.93. The average Bonchev–Trinajstić information content (AvgIpc) is 2.52. The first-order chi connectivity index (χ1) is 11.1. The molecule has 2 rings (SSSR count). The number of benzene rings is 1. The molecule has 4 nitrogen and oxygen atoms in total. The third-order valence-corrected chi connectivity index (χ3v) is 4.07. The Morgan fingerprint density at radius 1 is 1.33 bits per heavy atom. The summed E-state index contributed by atoms with van der Waals surface area (Å²) in [7, 11) is 0. The quantitative estimate of drug-likeness (QED) is 0.911. The lowest BCUT2D eigenvalue weighted by molar-refractivity contribution is -0.271. The number of piperidine rings is 1. The first kappa shape index (κ1) is 18.6. The lowest BCUT2D eigenvalue weighted by atomic mass is 9.90. The van der Waals surface area contributed by atoms with Crippen LogP contribution in [0.3, 0.4) is 0 Å². The second-order valence-corrected chi connectivity index (χ2v) is 6.55. The summed E-state index contributed by atoms with van der Waals surface area (Å²) < 4.78 is 44.0. The number of alkyl halides is 3. The number of amides is 1. The van der Waals surface area contributed by atoms with Gasteiger partial charge in [0.15, 0.2) is 5.60 Å². The Bertz CT molecular complexity index is 579. The van der Waals surface area contributed by atoms with Crippen LogP contribution in [0.15, 0.2) is 24.3 Å². The van der Waals surface area contributed by atoms with Gasteiger partial charge in [0.25, 0.3) is 5.91 Å². The van der Waals surface area contributed by atoms with Crippen molar-refractivity contribution in [1.29, 1.82) is 0 Å². The zero-order valence-corrected chi connectivity index (χ0v) is 13.8. The van der Waals surface area contributed by atoms with Crippen molar-refractivity contribution < 1.29 is 27.8 Å². The smallest absolute Gasteiger partial charge is 0.417 e. The minimum absolute atomic E-state index is 0.133. The minimum atomic E-state index is -4.67. The van der Waals surface area contributed by atoms with Crippen molar-refractivity contribution in [3.8, 4) is 5.75 Å². The fourth-order valence-electron chi connectivity index (χ4n) is 2.53. The molecule has 0 unspecified atom stereocenters. The van der Waals surface area contributed by atoms with Crippen molar-refractivity contribution >= 4 is 5.91 Å². The van der Waals surface area contributed by atoms with E-state index in [1.165, 1.54) is 4.90 Å². The zero-order chi connectivity index (χ0) is 18.0. The topological polar surface area (TPSA) is 49.8 Å². The molecule has 0 atom stereocenters. The first-order valence-electron chi connectivity index (χ1n) is 7.93. The van der Waals surface area contributed by atoms with E-state index in [9.17, 15) is 23.1 Å². The highest BCUT2D eigenvalue weighted by Gasteiger charge is 2.54. The number of ether oxygens (including phenoxy) is 1. The number of carbonyl (C=O) groups is 1. The Morgan fingerprint density at radius 3 is 2.50 bits per heavy atom. The molecule has 1 heterocycles. The van der Waals surface area contributed by atoms with Crippen molar-refractivity contribution in [2.24, 2.45) is 5.92 Å². The van der Waals surface area contributed by atoms with Crippen LogP contribution < -0.4 is 4.74 Å². The molecule has 0 spiro atoms. The van der Waals surface area contributed by atoms with Gasteiger partial charge in [-0.25, -0.2) is 0 Å². The van der Waals surface area contributed by atoms with Crippen LogP contribution in [0, 0.1) is 5.92 Å². The maximum Gasteiger partial charge on any atom is 0.417 e. The van der Waals surface area contributed by atoms with Gasteiger partial charge >= 0.3 is 6.18 Å². The lowest BCUT2D eigenvalue weighted by Crippen LogP contribution is -2.54. The summed E-state index contributed by atoms with van der Waals surface area (Å²) >= 11 is 0. The Balaban J connectivity index is 2.02. The minimum Gasteiger partial charge on any atom is -0.493 e. The summed E-state index contributed by atoms with van der Waals surface area (Å²) in [6.45, 7) is 4.26. The summed E-state index contributed by atoms with van der Waals surface area (Å²) in [5.74, 6) is 0.541. The van der Waals surface area contributed by atoms with Crippen LogP contribution in [-0.2, 0) is 0 Å². The van der Waals surface area contributed by atoms with Gasteiger partial charge in [-0.1, -0.05) is 19.9 Å². The molecule has 0 aromatic heterocycles. The van der Waals surface area contributed by atoms with Gasteiger partial charge < -0.3 is 14.7 Å². The van der Waals surface area contributed by atoms with E-state index in [4.69, 9.17) is 4.74 Å². The molecule has 1 fully saturated rings. The number of aliphatic hydroxyl groups is 1. The molecule has 0 radical (unpaired) electrons. The lowest BCUT2D eigenvalue weighted by Gasteiger charge is -2.39. The SMILES string of the molecule is CC(C)COc1cccc(C(=O)N2CCC(O)(C(F)(F)F)CC2)c1. The Morgan fingerprint density at radius 2 is 1.96 bits per heavy atom. The second kappa shape index (κ2) is 7.01. The summed E-state index contributed by atoms with van der Waals surface area (Å²) in [5, 5.41) is 9.66. The van der Waals surface area contributed by atoms with Crippen molar-refractivity contribution in [1.82, 2.24) is 4.90 Å². The predicted octanol–water partition coefficient (Wildman–Crippen LogP) is 3.25. The molecule has 0 bridgehead atoms. The van der Waals surface area contributed by atoms with Crippen molar-refractivity contribution in [3.63, 3.8) is 0 Å². The van der Waals surface area contributed by atoms with E-state index in [1.54, 1.807) is 24.3 Å². The summed E-state index contributed by atoms with van der Waals surface area (Å²) in [5.41, 5.74) is -2.33. The van der Waals surface area contributed by atoms with Crippen LogP contribution in [0.5, 0.6) is 5.75 Å². The molecule has 1 N–H and O–H groups in total. The van der Waals surface area contributed by atoms with E-state index in [1.807, 2.05) is 13.8 Å². The highest BCUT2D eigenvalue weighted by atomic mass is 19.4. The van der Waals surface area contributed by atoms with Gasteiger partial charge in [-0.15, -0.1) is 0 Å². The van der Waals surface area contributed by atoms with E-state index in [0.29, 0.717) is 23.8 Å². The predicted molar refractivity (Wildman–Crippen MR) is 82.9 cm³/mol. The molecule has 0 saturated carbocycles. The van der Waals surface area contributed by atoms with E-state index in [-0.39, 0.29) is 19.0 Å². The van der Waals surface area contributed by atoms with E-state index in [0.717, 1.165) is 0 Å². The molecule has 1 aliphatic rings. The maximum absolute atomic E-state index is 12.8. The fraction of sp³-hybridized carbons (Fsp3) is 0.588. The monoisotopic (exact) mass is 345 g/mol. The summed E-state index contributed by atoms with van der Waals surface area (Å²) in [6, 6.07) is 6.61. The normalized spacial score (nSPS) is 17.9. The van der Waals surface area contributed by atoms with Gasteiger partial charge in [0.1, 0.15) is 5.75 Å². The van der Waals surface area contributed by atoms with Gasteiger partial charge in [-0.05, 0) is 24.1 Å². The highest BCUT2D eigenvalue weighted by Crippen LogP contribution is 2.38. The molecule has 134 valence electrons. The molecule has 1 aromatic rings. The van der Waals surface area contributed by atoms with Gasteiger partial charge in [-0.3, -0.25) is 4.79 Å². The van der Waals surface area contributed by atoms with Gasteiger partial charge in [-0.2, -0.15) is 13.2 Å². The molecule has 1 aliphatic heterocycles. The number of halogens is 3. The Hall–Kier alpha value is -1.76. The number of carbonyl (C=O) groups excluding carboxylic acids is 1. The van der Waals surface area contributed by atoms with Crippen LogP contribution >= 0.6 is 0 Å². The molecule has 0 aliphatic carbocycles. The number of hydrogen-bond donors (Lipinski definition) is 1. The maximum atomic E-state index is 12.8. The van der Waals surface area contributed by atoms with Gasteiger partial charge in [0.05, 0.1) is 6.61 Å². The molecule has 7 heteroatoms. The van der Waals surface area contributed by atoms with Crippen molar-refractivity contribution in [3.05, 3.63) is 29.8 Å². The van der Waals surface area contributed by atoms with Crippen molar-refractivity contribution in [2.75, 3.05) is 19.7 Å². The average molecular weight is 345 g/mol.